The van der Waals surface area contributed by atoms with Crippen LogP contribution in [0.2, 0.25) is 0 Å². The third-order valence-electron chi connectivity index (χ3n) is 4.18. The van der Waals surface area contributed by atoms with Crippen molar-refractivity contribution in [2.75, 3.05) is 6.61 Å². The average Bonchev–Trinajstić information content (AvgIpc) is 2.62. The Morgan fingerprint density at radius 3 is 2.31 bits per heavy atom. The Morgan fingerprint density at radius 2 is 1.72 bits per heavy atom. The fourth-order valence-corrected chi connectivity index (χ4v) is 2.96. The molecule has 0 spiro atoms. The van der Waals surface area contributed by atoms with Crippen molar-refractivity contribution in [2.24, 2.45) is 0 Å². The molecule has 29 heavy (non-hydrogen) atoms. The number of halogens is 5. The zero-order chi connectivity index (χ0) is 21.3. The van der Waals surface area contributed by atoms with Crippen molar-refractivity contribution >= 4 is 16.9 Å². The molecule has 0 atom stereocenters. The number of esters is 1. The summed E-state index contributed by atoms with van der Waals surface area (Å²) in [5, 5.41) is -0.359. The summed E-state index contributed by atoms with van der Waals surface area (Å²) >= 11 is 0. The van der Waals surface area contributed by atoms with Crippen molar-refractivity contribution in [2.45, 2.75) is 19.6 Å². The fourth-order valence-electron chi connectivity index (χ4n) is 2.96. The second-order valence-electron chi connectivity index (χ2n) is 6.23. The quantitative estimate of drug-likeness (QED) is 0.469. The number of rotatable bonds is 4. The molecule has 0 fully saturated rings. The predicted octanol–water partition coefficient (Wildman–Crippen LogP) is 4.52. The molecule has 9 heteroatoms. The monoisotopic (exact) mass is 411 g/mol. The maximum Gasteiger partial charge on any atom is 0.416 e. The van der Waals surface area contributed by atoms with E-state index in [2.05, 4.69) is 0 Å². The van der Waals surface area contributed by atoms with E-state index in [1.165, 1.54) is 11.5 Å². The lowest BCUT2D eigenvalue weighted by Crippen LogP contribution is -2.22. The van der Waals surface area contributed by atoms with Gasteiger partial charge in [0, 0.05) is 24.2 Å². The van der Waals surface area contributed by atoms with Crippen LogP contribution in [0.15, 0.2) is 47.4 Å². The van der Waals surface area contributed by atoms with Gasteiger partial charge in [0.25, 0.3) is 0 Å². The predicted molar refractivity (Wildman–Crippen MR) is 94.6 cm³/mol. The van der Waals surface area contributed by atoms with Gasteiger partial charge in [0.1, 0.15) is 17.2 Å². The van der Waals surface area contributed by atoms with Crippen molar-refractivity contribution in [3.05, 3.63) is 81.1 Å². The van der Waals surface area contributed by atoms with E-state index in [9.17, 15) is 31.5 Å². The van der Waals surface area contributed by atoms with Gasteiger partial charge in [-0.2, -0.15) is 13.2 Å². The first kappa shape index (κ1) is 20.5. The van der Waals surface area contributed by atoms with E-state index < -0.39 is 40.3 Å². The molecule has 0 bridgehead atoms. The number of ether oxygens (including phenoxy) is 1. The standard InChI is InChI=1S/C20H14F5NO3/c1-2-29-19(28)16-10-26(9-11-5-13(21)8-14(22)6-11)17-4-3-12(20(23,24)25)7-15(17)18(16)27/h3-8,10H,2,9H2,1H3. The van der Waals surface area contributed by atoms with E-state index in [1.807, 2.05) is 0 Å². The number of aromatic nitrogens is 1. The zero-order valence-corrected chi connectivity index (χ0v) is 15.0. The Kier molecular flexibility index (Phi) is 5.41. The van der Waals surface area contributed by atoms with Gasteiger partial charge in [-0.15, -0.1) is 0 Å². The zero-order valence-electron chi connectivity index (χ0n) is 15.0. The van der Waals surface area contributed by atoms with Gasteiger partial charge in [0.2, 0.25) is 5.43 Å². The van der Waals surface area contributed by atoms with Crippen LogP contribution >= 0.6 is 0 Å². The first-order chi connectivity index (χ1) is 13.6. The number of nitrogens with zero attached hydrogens (tertiary/aromatic N) is 1. The van der Waals surface area contributed by atoms with Crippen molar-refractivity contribution in [3.8, 4) is 0 Å². The molecule has 1 heterocycles. The molecule has 0 saturated carbocycles. The van der Waals surface area contributed by atoms with Gasteiger partial charge in [-0.05, 0) is 42.8 Å². The molecule has 0 radical (unpaired) electrons. The van der Waals surface area contributed by atoms with E-state index in [-0.39, 0.29) is 29.6 Å². The van der Waals surface area contributed by atoms with Crippen LogP contribution in [0.4, 0.5) is 22.0 Å². The van der Waals surface area contributed by atoms with Crippen molar-refractivity contribution < 1.29 is 31.5 Å². The second-order valence-corrected chi connectivity index (χ2v) is 6.23. The molecular weight excluding hydrogens is 397 g/mol. The number of carbonyl (C=O) groups is 1. The van der Waals surface area contributed by atoms with Crippen molar-refractivity contribution in [1.82, 2.24) is 4.57 Å². The lowest BCUT2D eigenvalue weighted by Gasteiger charge is -2.15. The maximum absolute atomic E-state index is 13.5. The lowest BCUT2D eigenvalue weighted by molar-refractivity contribution is -0.137. The topological polar surface area (TPSA) is 48.3 Å². The molecule has 4 nitrogen and oxygen atoms in total. The highest BCUT2D eigenvalue weighted by molar-refractivity contribution is 5.94. The summed E-state index contributed by atoms with van der Waals surface area (Å²) in [6.07, 6.45) is -3.59. The summed E-state index contributed by atoms with van der Waals surface area (Å²) in [5.41, 5.74) is -2.24. The van der Waals surface area contributed by atoms with Gasteiger partial charge < -0.3 is 9.30 Å². The number of hydrogen-bond acceptors (Lipinski definition) is 3. The van der Waals surface area contributed by atoms with Gasteiger partial charge in [-0.1, -0.05) is 0 Å². The third kappa shape index (κ3) is 4.28. The van der Waals surface area contributed by atoms with Crippen molar-refractivity contribution in [1.29, 1.82) is 0 Å². The minimum atomic E-state index is -4.70. The van der Waals surface area contributed by atoms with Crippen LogP contribution in [0.1, 0.15) is 28.4 Å². The number of alkyl halides is 3. The summed E-state index contributed by atoms with van der Waals surface area (Å²) in [6.45, 7) is 1.27. The van der Waals surface area contributed by atoms with Gasteiger partial charge in [-0.25, -0.2) is 13.6 Å². The molecule has 3 aromatic rings. The fraction of sp³-hybridized carbons (Fsp3) is 0.200. The summed E-state index contributed by atoms with van der Waals surface area (Å²) < 4.78 is 72.3. The Hall–Kier alpha value is -3.23. The maximum atomic E-state index is 13.5. The molecule has 0 unspecified atom stereocenters. The minimum absolute atomic E-state index is 0.0476. The molecule has 0 amide bonds. The molecule has 0 aliphatic rings. The Bertz CT molecular complexity index is 1130. The second kappa shape index (κ2) is 7.65. The number of carbonyl (C=O) groups excluding carboxylic acids is 1. The molecule has 0 aliphatic heterocycles. The molecule has 0 aliphatic carbocycles. The normalized spacial score (nSPS) is 11.7. The van der Waals surface area contributed by atoms with Crippen LogP contribution in [0, 0.1) is 11.6 Å². The van der Waals surface area contributed by atoms with Gasteiger partial charge in [0.05, 0.1) is 17.7 Å². The number of hydrogen-bond donors (Lipinski definition) is 0. The van der Waals surface area contributed by atoms with Gasteiger partial charge in [0.15, 0.2) is 0 Å². The van der Waals surface area contributed by atoms with Crippen LogP contribution in [-0.2, 0) is 17.5 Å². The van der Waals surface area contributed by atoms with Crippen LogP contribution in [0.3, 0.4) is 0 Å². The van der Waals surface area contributed by atoms with E-state index >= 15 is 0 Å². The number of benzene rings is 2. The first-order valence-electron chi connectivity index (χ1n) is 8.46. The van der Waals surface area contributed by atoms with E-state index in [0.717, 1.165) is 30.5 Å². The summed E-state index contributed by atoms with van der Waals surface area (Å²) in [6, 6.07) is 5.26. The first-order valence-corrected chi connectivity index (χ1v) is 8.46. The molecular formula is C20H14F5NO3. The van der Waals surface area contributed by atoms with Crippen LogP contribution < -0.4 is 5.43 Å². The number of fused-ring (bicyclic) bond motifs is 1. The van der Waals surface area contributed by atoms with E-state index in [0.29, 0.717) is 12.1 Å². The molecule has 0 saturated heterocycles. The largest absolute Gasteiger partial charge is 0.462 e. The van der Waals surface area contributed by atoms with Crippen molar-refractivity contribution in [3.63, 3.8) is 0 Å². The van der Waals surface area contributed by atoms with E-state index in [1.54, 1.807) is 0 Å². The highest BCUT2D eigenvalue weighted by Crippen LogP contribution is 2.31. The van der Waals surface area contributed by atoms with E-state index in [4.69, 9.17) is 4.74 Å². The highest BCUT2D eigenvalue weighted by atomic mass is 19.4. The Balaban J connectivity index is 2.25. The van der Waals surface area contributed by atoms with Gasteiger partial charge >= 0.3 is 12.1 Å². The number of pyridine rings is 1. The smallest absolute Gasteiger partial charge is 0.416 e. The molecule has 152 valence electrons. The SMILES string of the molecule is CCOC(=O)c1cn(Cc2cc(F)cc(F)c2)c2ccc(C(F)(F)F)cc2c1=O. The average molecular weight is 411 g/mol. The summed E-state index contributed by atoms with van der Waals surface area (Å²) in [7, 11) is 0. The molecule has 1 aromatic heterocycles. The lowest BCUT2D eigenvalue weighted by atomic mass is 10.1. The van der Waals surface area contributed by atoms with Crippen LogP contribution in [0.25, 0.3) is 10.9 Å². The molecule has 3 rings (SSSR count). The Morgan fingerprint density at radius 1 is 1.07 bits per heavy atom. The Labute approximate surface area is 161 Å². The van der Waals surface area contributed by atoms with Crippen LogP contribution in [-0.4, -0.2) is 17.1 Å². The van der Waals surface area contributed by atoms with Gasteiger partial charge in [-0.3, -0.25) is 4.79 Å². The van der Waals surface area contributed by atoms with Crippen LogP contribution in [0.5, 0.6) is 0 Å². The molecule has 2 aromatic carbocycles. The third-order valence-corrected chi connectivity index (χ3v) is 4.18. The summed E-state index contributed by atoms with van der Waals surface area (Å²) in [5.74, 6) is -2.68. The highest BCUT2D eigenvalue weighted by Gasteiger charge is 2.31. The molecule has 0 N–H and O–H groups in total. The summed E-state index contributed by atoms with van der Waals surface area (Å²) in [4.78, 5) is 24.8. The minimum Gasteiger partial charge on any atom is -0.462 e.